The summed E-state index contributed by atoms with van der Waals surface area (Å²) >= 11 is 0. The maximum atomic E-state index is 12.0. The van der Waals surface area contributed by atoms with Crippen molar-refractivity contribution >= 4 is 5.91 Å². The molecule has 0 atom stereocenters. The van der Waals surface area contributed by atoms with E-state index in [1.54, 1.807) is 0 Å². The number of aliphatic hydroxyl groups excluding tert-OH is 1. The van der Waals surface area contributed by atoms with Crippen molar-refractivity contribution in [3.05, 3.63) is 35.4 Å². The molecule has 20 heavy (non-hydrogen) atoms. The van der Waals surface area contributed by atoms with Gasteiger partial charge in [-0.05, 0) is 30.5 Å². The second-order valence-corrected chi connectivity index (χ2v) is 5.21. The van der Waals surface area contributed by atoms with E-state index in [4.69, 9.17) is 5.11 Å². The molecule has 3 heteroatoms. The number of hydrogen-bond donors (Lipinski definition) is 2. The summed E-state index contributed by atoms with van der Waals surface area (Å²) in [6.07, 6.45) is 5.68. The normalized spacial score (nSPS) is 15.2. The summed E-state index contributed by atoms with van der Waals surface area (Å²) in [7, 11) is 0. The van der Waals surface area contributed by atoms with Crippen LogP contribution in [0.2, 0.25) is 0 Å². The first-order valence-corrected chi connectivity index (χ1v) is 7.26. The van der Waals surface area contributed by atoms with Gasteiger partial charge in [0, 0.05) is 18.0 Å². The molecule has 1 fully saturated rings. The molecule has 0 aliphatic heterocycles. The van der Waals surface area contributed by atoms with Gasteiger partial charge < -0.3 is 10.4 Å². The minimum Gasteiger partial charge on any atom is -0.384 e. The molecule has 0 radical (unpaired) electrons. The monoisotopic (exact) mass is 271 g/mol. The Morgan fingerprint density at radius 2 is 1.90 bits per heavy atom. The highest BCUT2D eigenvalue weighted by Crippen LogP contribution is 2.23. The van der Waals surface area contributed by atoms with E-state index in [0.717, 1.165) is 24.0 Å². The van der Waals surface area contributed by atoms with Crippen LogP contribution in [0.15, 0.2) is 24.3 Å². The summed E-state index contributed by atoms with van der Waals surface area (Å²) in [6.45, 7) is 0.447. The molecule has 1 aliphatic rings. The van der Waals surface area contributed by atoms with Crippen molar-refractivity contribution < 1.29 is 9.90 Å². The topological polar surface area (TPSA) is 49.3 Å². The highest BCUT2D eigenvalue weighted by Gasteiger charge is 2.20. The molecular formula is C17H21NO2. The molecule has 2 N–H and O–H groups in total. The summed E-state index contributed by atoms with van der Waals surface area (Å²) in [6, 6.07) is 7.74. The molecule has 1 amide bonds. The van der Waals surface area contributed by atoms with Crippen molar-refractivity contribution in [3.8, 4) is 11.8 Å². The van der Waals surface area contributed by atoms with Crippen LogP contribution in [0.1, 0.15) is 43.2 Å². The highest BCUT2D eigenvalue weighted by molar-refractivity contribution is 5.78. The van der Waals surface area contributed by atoms with Gasteiger partial charge in [0.1, 0.15) is 6.61 Å². The lowest BCUT2D eigenvalue weighted by Crippen LogP contribution is -2.31. The largest absolute Gasteiger partial charge is 0.384 e. The Balaban J connectivity index is 1.82. The number of carbonyl (C=O) groups is 1. The zero-order valence-electron chi connectivity index (χ0n) is 11.7. The third kappa shape index (κ3) is 4.40. The van der Waals surface area contributed by atoms with E-state index in [9.17, 15) is 4.79 Å². The van der Waals surface area contributed by atoms with Gasteiger partial charge in [-0.1, -0.05) is 43.2 Å². The first-order valence-electron chi connectivity index (χ1n) is 7.26. The fraction of sp³-hybridized carbons (Fsp3) is 0.471. The van der Waals surface area contributed by atoms with E-state index < -0.39 is 0 Å². The lowest BCUT2D eigenvalue weighted by molar-refractivity contribution is -0.126. The highest BCUT2D eigenvalue weighted by atomic mass is 16.2. The molecular weight excluding hydrogens is 250 g/mol. The molecule has 0 saturated heterocycles. The minimum atomic E-state index is -0.126. The SMILES string of the molecule is O=C(NCc1ccc(C#CCO)cc1)C1CCCCC1. The molecule has 0 heterocycles. The number of nitrogens with one attached hydrogen (secondary N) is 1. The van der Waals surface area contributed by atoms with Gasteiger partial charge in [0.2, 0.25) is 5.91 Å². The third-order valence-corrected chi connectivity index (χ3v) is 3.71. The van der Waals surface area contributed by atoms with E-state index >= 15 is 0 Å². The fourth-order valence-electron chi connectivity index (χ4n) is 2.55. The Morgan fingerprint density at radius 1 is 1.20 bits per heavy atom. The van der Waals surface area contributed by atoms with Gasteiger partial charge in [0.25, 0.3) is 0 Å². The van der Waals surface area contributed by atoms with E-state index in [-0.39, 0.29) is 18.4 Å². The van der Waals surface area contributed by atoms with Crippen molar-refractivity contribution in [2.24, 2.45) is 5.92 Å². The first kappa shape index (κ1) is 14.6. The lowest BCUT2D eigenvalue weighted by atomic mass is 9.88. The van der Waals surface area contributed by atoms with E-state index in [1.165, 1.54) is 19.3 Å². The van der Waals surface area contributed by atoms with Crippen LogP contribution in [0.3, 0.4) is 0 Å². The smallest absolute Gasteiger partial charge is 0.223 e. The Kier molecular flexibility index (Phi) is 5.64. The summed E-state index contributed by atoms with van der Waals surface area (Å²) in [5.41, 5.74) is 1.95. The third-order valence-electron chi connectivity index (χ3n) is 3.71. The second-order valence-electron chi connectivity index (χ2n) is 5.21. The fourth-order valence-corrected chi connectivity index (χ4v) is 2.55. The van der Waals surface area contributed by atoms with Crippen LogP contribution in [0.4, 0.5) is 0 Å². The number of carbonyl (C=O) groups excluding carboxylic acids is 1. The van der Waals surface area contributed by atoms with Crippen LogP contribution in [-0.2, 0) is 11.3 Å². The number of benzene rings is 1. The lowest BCUT2D eigenvalue weighted by Gasteiger charge is -2.20. The van der Waals surface area contributed by atoms with Crippen LogP contribution in [-0.4, -0.2) is 17.6 Å². The van der Waals surface area contributed by atoms with Gasteiger partial charge in [-0.3, -0.25) is 4.79 Å². The minimum absolute atomic E-state index is 0.126. The molecule has 1 aliphatic carbocycles. The zero-order chi connectivity index (χ0) is 14.2. The summed E-state index contributed by atoms with van der Waals surface area (Å²) in [5.74, 6) is 5.86. The predicted octanol–water partition coefficient (Wildman–Crippen LogP) is 2.23. The van der Waals surface area contributed by atoms with Gasteiger partial charge in [-0.15, -0.1) is 0 Å². The van der Waals surface area contributed by atoms with Gasteiger partial charge in [-0.25, -0.2) is 0 Å². The van der Waals surface area contributed by atoms with Gasteiger partial charge in [-0.2, -0.15) is 0 Å². The van der Waals surface area contributed by atoms with E-state index in [1.807, 2.05) is 24.3 Å². The number of hydrogen-bond acceptors (Lipinski definition) is 2. The molecule has 3 nitrogen and oxygen atoms in total. The Hall–Kier alpha value is -1.79. The quantitative estimate of drug-likeness (QED) is 0.828. The summed E-state index contributed by atoms with van der Waals surface area (Å²) < 4.78 is 0. The number of amides is 1. The van der Waals surface area contributed by atoms with Crippen LogP contribution in [0, 0.1) is 17.8 Å². The molecule has 0 unspecified atom stereocenters. The average molecular weight is 271 g/mol. The van der Waals surface area contributed by atoms with Crippen LogP contribution in [0.25, 0.3) is 0 Å². The van der Waals surface area contributed by atoms with E-state index in [2.05, 4.69) is 17.2 Å². The first-order chi connectivity index (χ1) is 9.79. The number of aliphatic hydroxyl groups is 1. The Morgan fingerprint density at radius 3 is 2.55 bits per heavy atom. The molecule has 106 valence electrons. The van der Waals surface area contributed by atoms with Crippen molar-refractivity contribution in [2.75, 3.05) is 6.61 Å². The van der Waals surface area contributed by atoms with Gasteiger partial charge in [0.05, 0.1) is 0 Å². The Bertz CT molecular complexity index is 490. The van der Waals surface area contributed by atoms with Crippen LogP contribution >= 0.6 is 0 Å². The van der Waals surface area contributed by atoms with Crippen molar-refractivity contribution in [3.63, 3.8) is 0 Å². The maximum absolute atomic E-state index is 12.0. The molecule has 0 spiro atoms. The van der Waals surface area contributed by atoms with Gasteiger partial charge in [0.15, 0.2) is 0 Å². The standard InChI is InChI=1S/C17H21NO2/c19-12-4-5-14-8-10-15(11-9-14)13-18-17(20)16-6-2-1-3-7-16/h8-11,16,19H,1-3,6-7,12-13H2,(H,18,20). The van der Waals surface area contributed by atoms with Crippen LogP contribution in [0.5, 0.6) is 0 Å². The predicted molar refractivity (Wildman–Crippen MR) is 78.8 cm³/mol. The zero-order valence-corrected chi connectivity index (χ0v) is 11.7. The summed E-state index contributed by atoms with van der Waals surface area (Å²) in [5, 5.41) is 11.6. The van der Waals surface area contributed by atoms with Crippen molar-refractivity contribution in [1.29, 1.82) is 0 Å². The second kappa shape index (κ2) is 7.72. The molecule has 1 aromatic carbocycles. The molecule has 0 aromatic heterocycles. The summed E-state index contributed by atoms with van der Waals surface area (Å²) in [4.78, 5) is 12.0. The van der Waals surface area contributed by atoms with Gasteiger partial charge >= 0.3 is 0 Å². The average Bonchev–Trinajstić information content (AvgIpc) is 2.52. The van der Waals surface area contributed by atoms with E-state index in [0.29, 0.717) is 6.54 Å². The van der Waals surface area contributed by atoms with Crippen molar-refractivity contribution in [2.45, 2.75) is 38.6 Å². The molecule has 2 rings (SSSR count). The molecule has 1 saturated carbocycles. The Labute approximate surface area is 120 Å². The molecule has 1 aromatic rings. The molecule has 0 bridgehead atoms. The maximum Gasteiger partial charge on any atom is 0.223 e. The van der Waals surface area contributed by atoms with Crippen molar-refractivity contribution in [1.82, 2.24) is 5.32 Å². The van der Waals surface area contributed by atoms with Crippen LogP contribution < -0.4 is 5.32 Å². The number of rotatable bonds is 3.